The van der Waals surface area contributed by atoms with Crippen molar-refractivity contribution in [1.29, 1.82) is 0 Å². The second-order valence-corrected chi connectivity index (χ2v) is 12.6. The Bertz CT molecular complexity index is 1550. The number of rotatable bonds is 6. The van der Waals surface area contributed by atoms with Crippen LogP contribution in [0.15, 0.2) is 60.9 Å². The van der Waals surface area contributed by atoms with Gasteiger partial charge in [0, 0.05) is 44.0 Å². The average Bonchev–Trinajstić information content (AvgIpc) is 3.64. The monoisotopic (exact) mass is 616 g/mol. The largest absolute Gasteiger partial charge is 0.494 e. The van der Waals surface area contributed by atoms with E-state index < -0.39 is 6.04 Å². The SMILES string of the molecule is CC(C)C[C@H]1NC(=O)CN(C(=O)CCCc2nc3ccccc3s2)CCCOc2cccc(c2)-c2nccn2CCNC1=O. The van der Waals surface area contributed by atoms with E-state index in [2.05, 4.69) is 20.6 Å². The summed E-state index contributed by atoms with van der Waals surface area (Å²) in [5, 5.41) is 6.87. The molecule has 1 atom stereocenters. The van der Waals surface area contributed by atoms with Crippen LogP contribution in [0.1, 0.15) is 44.5 Å². The van der Waals surface area contributed by atoms with Crippen LogP contribution in [0.25, 0.3) is 21.6 Å². The third kappa shape index (κ3) is 8.43. The number of fused-ring (bicyclic) bond motifs is 5. The van der Waals surface area contributed by atoms with Gasteiger partial charge in [0.2, 0.25) is 17.7 Å². The summed E-state index contributed by atoms with van der Waals surface area (Å²) in [7, 11) is 0. The summed E-state index contributed by atoms with van der Waals surface area (Å²) >= 11 is 1.64. The van der Waals surface area contributed by atoms with Crippen LogP contribution in [0.5, 0.6) is 5.75 Å². The maximum Gasteiger partial charge on any atom is 0.242 e. The molecule has 0 saturated carbocycles. The fourth-order valence-electron chi connectivity index (χ4n) is 5.33. The summed E-state index contributed by atoms with van der Waals surface area (Å²) < 4.78 is 9.16. The number of benzene rings is 2. The van der Waals surface area contributed by atoms with Gasteiger partial charge in [-0.2, -0.15) is 0 Å². The van der Waals surface area contributed by atoms with Crippen LogP contribution < -0.4 is 15.4 Å². The first kappa shape index (κ1) is 31.2. The van der Waals surface area contributed by atoms with E-state index in [0.29, 0.717) is 64.1 Å². The Kier molecular flexibility index (Phi) is 10.6. The zero-order valence-electron chi connectivity index (χ0n) is 25.3. The van der Waals surface area contributed by atoms with Crippen LogP contribution in [0, 0.1) is 5.92 Å². The van der Waals surface area contributed by atoms with Gasteiger partial charge in [0.1, 0.15) is 17.6 Å². The molecule has 3 amide bonds. The molecule has 1 aliphatic heterocycles. The molecule has 5 rings (SSSR count). The minimum Gasteiger partial charge on any atom is -0.494 e. The van der Waals surface area contributed by atoms with E-state index in [-0.39, 0.29) is 30.2 Å². The van der Waals surface area contributed by atoms with Gasteiger partial charge in [-0.25, -0.2) is 9.97 Å². The number of nitrogens with one attached hydrogen (secondary N) is 2. The quantitative estimate of drug-likeness (QED) is 0.331. The van der Waals surface area contributed by atoms with Crippen molar-refractivity contribution < 1.29 is 19.1 Å². The van der Waals surface area contributed by atoms with Crippen molar-refractivity contribution in [2.24, 2.45) is 5.92 Å². The van der Waals surface area contributed by atoms with Gasteiger partial charge in [0.05, 0.1) is 28.4 Å². The van der Waals surface area contributed by atoms with Gasteiger partial charge in [-0.05, 0) is 55.9 Å². The van der Waals surface area contributed by atoms with Crippen molar-refractivity contribution in [1.82, 2.24) is 30.1 Å². The number of carbonyl (C=O) groups is 3. The number of nitrogens with zero attached hydrogens (tertiary/aromatic N) is 4. The number of hydrogen-bond acceptors (Lipinski definition) is 7. The van der Waals surface area contributed by atoms with Crippen LogP contribution in [0.2, 0.25) is 0 Å². The lowest BCUT2D eigenvalue weighted by Gasteiger charge is -2.25. The van der Waals surface area contributed by atoms with Crippen molar-refractivity contribution in [2.75, 3.05) is 26.2 Å². The third-order valence-corrected chi connectivity index (χ3v) is 8.56. The maximum absolute atomic E-state index is 13.4. The highest BCUT2D eigenvalue weighted by Gasteiger charge is 2.24. The number of imidazole rings is 1. The van der Waals surface area contributed by atoms with Crippen LogP contribution in [-0.2, 0) is 27.3 Å². The van der Waals surface area contributed by atoms with E-state index in [0.717, 1.165) is 26.6 Å². The molecule has 0 unspecified atom stereocenters. The molecular weight excluding hydrogens is 576 g/mol. The van der Waals surface area contributed by atoms with E-state index >= 15 is 0 Å². The van der Waals surface area contributed by atoms with Gasteiger partial charge in [0.15, 0.2) is 0 Å². The van der Waals surface area contributed by atoms with Crippen LogP contribution in [-0.4, -0.2) is 69.4 Å². The molecule has 2 aromatic carbocycles. The fraction of sp³-hybridized carbons (Fsp3) is 0.424. The van der Waals surface area contributed by atoms with Crippen molar-refractivity contribution >= 4 is 39.3 Å². The first-order chi connectivity index (χ1) is 21.4. The number of para-hydroxylation sites is 1. The number of ether oxygens (including phenoxy) is 1. The van der Waals surface area contributed by atoms with Gasteiger partial charge < -0.3 is 24.8 Å². The van der Waals surface area contributed by atoms with Gasteiger partial charge in [-0.1, -0.05) is 38.1 Å². The molecule has 10 nitrogen and oxygen atoms in total. The topological polar surface area (TPSA) is 118 Å². The minimum absolute atomic E-state index is 0.102. The van der Waals surface area contributed by atoms with Crippen molar-refractivity contribution in [2.45, 2.75) is 58.5 Å². The molecule has 44 heavy (non-hydrogen) atoms. The Labute approximate surface area is 261 Å². The number of hydrogen-bond donors (Lipinski definition) is 2. The van der Waals surface area contributed by atoms with E-state index in [1.54, 1.807) is 22.4 Å². The van der Waals surface area contributed by atoms with Gasteiger partial charge in [0.25, 0.3) is 0 Å². The summed E-state index contributed by atoms with van der Waals surface area (Å²) in [6.07, 6.45) is 6.28. The highest BCUT2D eigenvalue weighted by Crippen LogP contribution is 2.24. The van der Waals surface area contributed by atoms with E-state index in [4.69, 9.17) is 4.74 Å². The van der Waals surface area contributed by atoms with Gasteiger partial charge >= 0.3 is 0 Å². The van der Waals surface area contributed by atoms with Crippen molar-refractivity contribution in [3.8, 4) is 17.1 Å². The Morgan fingerprint density at radius 1 is 1.14 bits per heavy atom. The summed E-state index contributed by atoms with van der Waals surface area (Å²) in [6, 6.07) is 15.0. The van der Waals surface area contributed by atoms with Gasteiger partial charge in [-0.15, -0.1) is 11.3 Å². The number of aromatic nitrogens is 3. The Morgan fingerprint density at radius 2 is 2.00 bits per heavy atom. The molecule has 2 bridgehead atoms. The smallest absolute Gasteiger partial charge is 0.242 e. The minimum atomic E-state index is -0.695. The molecule has 232 valence electrons. The fourth-order valence-corrected chi connectivity index (χ4v) is 6.34. The molecule has 0 fully saturated rings. The molecule has 3 heterocycles. The predicted octanol–water partition coefficient (Wildman–Crippen LogP) is 4.44. The normalized spacial score (nSPS) is 16.9. The molecule has 4 aromatic rings. The molecule has 0 radical (unpaired) electrons. The van der Waals surface area contributed by atoms with Gasteiger partial charge in [-0.3, -0.25) is 14.4 Å². The molecule has 2 aromatic heterocycles. The van der Waals surface area contributed by atoms with Crippen LogP contribution >= 0.6 is 11.3 Å². The van der Waals surface area contributed by atoms with Crippen molar-refractivity contribution in [3.05, 3.63) is 65.9 Å². The Hall–Kier alpha value is -4.25. The lowest BCUT2D eigenvalue weighted by Crippen LogP contribution is -2.51. The molecule has 0 aliphatic carbocycles. The third-order valence-electron chi connectivity index (χ3n) is 7.47. The lowest BCUT2D eigenvalue weighted by atomic mass is 10.0. The highest BCUT2D eigenvalue weighted by molar-refractivity contribution is 7.18. The highest BCUT2D eigenvalue weighted by atomic mass is 32.1. The first-order valence-electron chi connectivity index (χ1n) is 15.3. The molecular formula is C33H40N6O4S. The summed E-state index contributed by atoms with van der Waals surface area (Å²) in [4.78, 5) is 50.6. The van der Waals surface area contributed by atoms with E-state index in [1.165, 1.54) is 0 Å². The molecule has 0 spiro atoms. The Morgan fingerprint density at radius 3 is 2.84 bits per heavy atom. The lowest BCUT2D eigenvalue weighted by molar-refractivity contribution is -0.137. The van der Waals surface area contributed by atoms with Crippen LogP contribution in [0.3, 0.4) is 0 Å². The summed E-state index contributed by atoms with van der Waals surface area (Å²) in [5.74, 6) is 0.981. The van der Waals surface area contributed by atoms with E-state index in [1.807, 2.05) is 73.1 Å². The number of aryl methyl sites for hydroxylation is 1. The molecule has 0 saturated heterocycles. The zero-order chi connectivity index (χ0) is 30.9. The second-order valence-electron chi connectivity index (χ2n) is 11.5. The Balaban J connectivity index is 1.28. The average molecular weight is 617 g/mol. The molecule has 2 N–H and O–H groups in total. The summed E-state index contributed by atoms with van der Waals surface area (Å²) in [6.45, 7) is 5.55. The standard InChI is InChI=1S/C33H40N6O4S/c1-23(2)20-27-33(42)35-15-18-38-17-14-34-32(38)24-8-5-9-25(21-24)43-19-7-16-39(22-29(40)36-27)31(41)13-6-12-30-37-26-10-3-4-11-28(26)44-30/h3-5,8-11,14,17,21,23,27H,6-7,12-13,15-16,18-20,22H2,1-2H3,(H,35,42)(H,36,40)/t27-/m1/s1. The second kappa shape index (κ2) is 15.0. The van der Waals surface area contributed by atoms with Crippen molar-refractivity contribution in [3.63, 3.8) is 0 Å². The number of thiazole rings is 1. The number of amides is 3. The molecule has 11 heteroatoms. The van der Waals surface area contributed by atoms with Crippen LogP contribution in [0.4, 0.5) is 0 Å². The number of carbonyl (C=O) groups excluding carboxylic acids is 3. The molecule has 1 aliphatic rings. The zero-order valence-corrected chi connectivity index (χ0v) is 26.1. The first-order valence-corrected chi connectivity index (χ1v) is 16.1. The maximum atomic E-state index is 13.4. The summed E-state index contributed by atoms with van der Waals surface area (Å²) in [5.41, 5.74) is 1.88. The van der Waals surface area contributed by atoms with E-state index in [9.17, 15) is 14.4 Å². The predicted molar refractivity (Wildman–Crippen MR) is 171 cm³/mol.